The van der Waals surface area contributed by atoms with Crippen molar-refractivity contribution in [3.05, 3.63) is 36.3 Å². The average Bonchev–Trinajstić information content (AvgIpc) is 2.08. The molecule has 2 N–H and O–H groups in total. The zero-order chi connectivity index (χ0) is 8.69. The van der Waals surface area contributed by atoms with Crippen LogP contribution in [-0.4, -0.2) is 0 Å². The summed E-state index contributed by atoms with van der Waals surface area (Å²) in [5, 5.41) is 0. The van der Waals surface area contributed by atoms with Crippen molar-refractivity contribution in [1.82, 2.24) is 0 Å². The van der Waals surface area contributed by atoms with E-state index in [1.54, 1.807) is 24.3 Å². The van der Waals surface area contributed by atoms with Gasteiger partial charge in [0.1, 0.15) is 0 Å². The molecule has 3 heteroatoms. The molecule has 0 aromatic heterocycles. The molecule has 11 heavy (non-hydrogen) atoms. The van der Waals surface area contributed by atoms with Gasteiger partial charge in [0, 0.05) is 5.69 Å². The summed E-state index contributed by atoms with van der Waals surface area (Å²) >= 11 is 3.66. The SMILES string of the molecule is [C-]#Cc1cccc(N)c1.[Cl][Cu+]. The summed E-state index contributed by atoms with van der Waals surface area (Å²) in [5.74, 6) is 2.24. The van der Waals surface area contributed by atoms with Crippen LogP contribution in [0.25, 0.3) is 0 Å². The monoisotopic (exact) mass is 214 g/mol. The summed E-state index contributed by atoms with van der Waals surface area (Å²) in [7, 11) is 4.20. The van der Waals surface area contributed by atoms with Gasteiger partial charge in [0.2, 0.25) is 0 Å². The second kappa shape index (κ2) is 6.12. The first kappa shape index (κ1) is 10.4. The van der Waals surface area contributed by atoms with Crippen LogP contribution in [0.3, 0.4) is 0 Å². The van der Waals surface area contributed by atoms with Crippen molar-refractivity contribution in [1.29, 1.82) is 0 Å². The number of hydrogen-bond donors (Lipinski definition) is 1. The number of rotatable bonds is 0. The Kier molecular flexibility index (Phi) is 5.78. The Morgan fingerprint density at radius 1 is 1.45 bits per heavy atom. The molecule has 0 saturated carbocycles. The molecule has 0 radical (unpaired) electrons. The number of hydrogen-bond acceptors (Lipinski definition) is 1. The Labute approximate surface area is 79.0 Å². The second-order valence-electron chi connectivity index (χ2n) is 1.75. The Morgan fingerprint density at radius 3 is 2.45 bits per heavy atom. The molecule has 0 saturated heterocycles. The van der Waals surface area contributed by atoms with Crippen molar-refractivity contribution >= 4 is 15.8 Å². The average molecular weight is 215 g/mol. The second-order valence-corrected chi connectivity index (χ2v) is 1.75. The van der Waals surface area contributed by atoms with Gasteiger partial charge in [0.05, 0.1) is 0 Å². The maximum atomic E-state index is 6.73. The summed E-state index contributed by atoms with van der Waals surface area (Å²) < 4.78 is 0. The van der Waals surface area contributed by atoms with Gasteiger partial charge in [0.25, 0.3) is 0 Å². The van der Waals surface area contributed by atoms with Crippen molar-refractivity contribution in [3.8, 4) is 5.92 Å². The van der Waals surface area contributed by atoms with E-state index in [0.717, 1.165) is 5.56 Å². The molecule has 0 spiro atoms. The Hall–Kier alpha value is -0.611. The van der Waals surface area contributed by atoms with E-state index in [9.17, 15) is 0 Å². The minimum absolute atomic E-state index is 0.673. The van der Waals surface area contributed by atoms with Crippen molar-refractivity contribution in [2.45, 2.75) is 0 Å². The van der Waals surface area contributed by atoms with Crippen LogP contribution in [0.5, 0.6) is 0 Å². The van der Waals surface area contributed by atoms with Gasteiger partial charge in [-0.1, -0.05) is 6.07 Å². The van der Waals surface area contributed by atoms with E-state index in [4.69, 9.17) is 12.2 Å². The van der Waals surface area contributed by atoms with E-state index in [-0.39, 0.29) is 0 Å². The number of anilines is 1. The minimum atomic E-state index is 0.673. The predicted molar refractivity (Wildman–Crippen MR) is 42.9 cm³/mol. The molecule has 1 rings (SSSR count). The molecule has 0 heterocycles. The first-order chi connectivity index (χ1) is 5.33. The van der Waals surface area contributed by atoms with Crippen LogP contribution in [0.2, 0.25) is 0 Å². The van der Waals surface area contributed by atoms with E-state index < -0.39 is 0 Å². The molecule has 0 fully saturated rings. The first-order valence-electron chi connectivity index (χ1n) is 2.72. The number of nitrogen functional groups attached to an aromatic ring is 1. The van der Waals surface area contributed by atoms with Crippen molar-refractivity contribution < 1.29 is 15.1 Å². The van der Waals surface area contributed by atoms with Gasteiger partial charge in [-0.25, -0.2) is 0 Å². The third kappa shape index (κ3) is 3.95. The zero-order valence-corrected chi connectivity index (χ0v) is 7.26. The van der Waals surface area contributed by atoms with Gasteiger partial charge < -0.3 is 12.2 Å². The van der Waals surface area contributed by atoms with Gasteiger partial charge in [-0.05, 0) is 6.07 Å². The van der Waals surface area contributed by atoms with Crippen LogP contribution in [0.15, 0.2) is 24.3 Å². The molecule has 0 aliphatic rings. The third-order valence-electron chi connectivity index (χ3n) is 1.03. The molecule has 0 amide bonds. The molecular formula is C8H6ClCuN. The topological polar surface area (TPSA) is 26.0 Å². The molecular weight excluding hydrogens is 209 g/mol. The number of nitrogens with two attached hydrogens (primary N) is 1. The van der Waals surface area contributed by atoms with Crippen molar-refractivity contribution in [2.75, 3.05) is 5.73 Å². The Morgan fingerprint density at radius 2 is 2.09 bits per heavy atom. The zero-order valence-electron chi connectivity index (χ0n) is 5.57. The molecule has 1 aromatic carbocycles. The van der Waals surface area contributed by atoms with Crippen LogP contribution < -0.4 is 5.73 Å². The quantitative estimate of drug-likeness (QED) is 0.304. The summed E-state index contributed by atoms with van der Waals surface area (Å²) in [6.07, 6.45) is 6.73. The normalized spacial score (nSPS) is 7.45. The van der Waals surface area contributed by atoms with Crippen molar-refractivity contribution in [2.24, 2.45) is 0 Å². The van der Waals surface area contributed by atoms with Crippen LogP contribution in [0.1, 0.15) is 5.56 Å². The third-order valence-corrected chi connectivity index (χ3v) is 1.03. The van der Waals surface area contributed by atoms with Gasteiger partial charge in [-0.2, -0.15) is 0 Å². The molecule has 1 aromatic rings. The fourth-order valence-corrected chi connectivity index (χ4v) is 0.616. The number of benzene rings is 1. The van der Waals surface area contributed by atoms with Gasteiger partial charge >= 0.3 is 25.2 Å². The molecule has 0 aliphatic carbocycles. The summed E-state index contributed by atoms with van der Waals surface area (Å²) in [5.41, 5.74) is 6.80. The standard InChI is InChI=1S/C8H6N.ClH.Cu/c1-2-7-4-3-5-8(9)6-7;;/h3-6H,9H2;1H;/q-1;;+2/p-1. The maximum absolute atomic E-state index is 6.73. The van der Waals surface area contributed by atoms with E-state index in [1.165, 1.54) is 0 Å². The number of halogens is 1. The van der Waals surface area contributed by atoms with E-state index in [2.05, 4.69) is 31.1 Å². The Balaban J connectivity index is 0.000000461. The molecule has 0 atom stereocenters. The van der Waals surface area contributed by atoms with Crippen LogP contribution >= 0.6 is 10.1 Å². The van der Waals surface area contributed by atoms with E-state index in [0.29, 0.717) is 5.69 Å². The van der Waals surface area contributed by atoms with E-state index in [1.807, 2.05) is 0 Å². The summed E-state index contributed by atoms with van der Waals surface area (Å²) in [6, 6.07) is 7.06. The fourth-order valence-electron chi connectivity index (χ4n) is 0.616. The van der Waals surface area contributed by atoms with Gasteiger partial charge in [-0.15, -0.1) is 17.7 Å². The van der Waals surface area contributed by atoms with Crippen molar-refractivity contribution in [3.63, 3.8) is 0 Å². The molecule has 0 aliphatic heterocycles. The van der Waals surface area contributed by atoms with Crippen LogP contribution in [-0.2, 0) is 15.1 Å². The Bertz CT molecular complexity index is 255. The van der Waals surface area contributed by atoms with Gasteiger partial charge in [0.15, 0.2) is 0 Å². The van der Waals surface area contributed by atoms with Crippen LogP contribution in [0.4, 0.5) is 5.69 Å². The fraction of sp³-hybridized carbons (Fsp3) is 0. The summed E-state index contributed by atoms with van der Waals surface area (Å²) in [4.78, 5) is 0. The first-order valence-corrected chi connectivity index (χ1v) is 4.02. The van der Waals surface area contributed by atoms with Crippen LogP contribution in [0, 0.1) is 12.3 Å². The van der Waals surface area contributed by atoms with Gasteiger partial charge in [-0.3, -0.25) is 5.92 Å². The summed E-state index contributed by atoms with van der Waals surface area (Å²) in [6.45, 7) is 0. The molecule has 61 valence electrons. The predicted octanol–water partition coefficient (Wildman–Crippen LogP) is 1.89. The molecule has 1 nitrogen and oxygen atoms in total. The van der Waals surface area contributed by atoms with E-state index >= 15 is 0 Å². The molecule has 0 bridgehead atoms. The molecule has 0 unspecified atom stereocenters.